The molecule has 0 bridgehead atoms. The van der Waals surface area contributed by atoms with E-state index in [1.165, 1.54) is 14.1 Å². The molecule has 19 heavy (non-hydrogen) atoms. The van der Waals surface area contributed by atoms with Crippen LogP contribution in [0.15, 0.2) is 17.0 Å². The highest BCUT2D eigenvalue weighted by Gasteiger charge is 2.24. The van der Waals surface area contributed by atoms with E-state index in [4.69, 9.17) is 0 Å². The van der Waals surface area contributed by atoms with Gasteiger partial charge in [0.1, 0.15) is 4.90 Å². The normalized spacial score (nSPS) is 12.1. The lowest BCUT2D eigenvalue weighted by molar-refractivity contribution is 0.469. The summed E-state index contributed by atoms with van der Waals surface area (Å²) in [5.74, 6) is -2.50. The van der Waals surface area contributed by atoms with E-state index in [1.54, 1.807) is 0 Å². The minimum atomic E-state index is -3.99. The molecule has 0 aliphatic carbocycles. The standard InChI is InChI=1S/C12H18F2N2O2S/c1-4-5-15-8-9-6-10(13)12(14)11(7-9)19(17,18)16(2)3/h6-7,15H,4-5,8H2,1-3H3. The maximum atomic E-state index is 13.6. The fourth-order valence-corrected chi connectivity index (χ4v) is 2.53. The molecule has 1 aromatic rings. The molecule has 1 N–H and O–H groups in total. The largest absolute Gasteiger partial charge is 0.313 e. The molecule has 0 atom stereocenters. The molecule has 0 heterocycles. The van der Waals surface area contributed by atoms with Crippen LogP contribution in [0, 0.1) is 11.6 Å². The first-order chi connectivity index (χ1) is 8.80. The van der Waals surface area contributed by atoms with Gasteiger partial charge in [-0.15, -0.1) is 0 Å². The number of hydrogen-bond donors (Lipinski definition) is 1. The summed E-state index contributed by atoms with van der Waals surface area (Å²) in [5, 5.41) is 3.01. The quantitative estimate of drug-likeness (QED) is 0.812. The topological polar surface area (TPSA) is 49.4 Å². The first kappa shape index (κ1) is 16.0. The van der Waals surface area contributed by atoms with Gasteiger partial charge in [0.05, 0.1) is 0 Å². The Morgan fingerprint density at radius 2 is 1.89 bits per heavy atom. The van der Waals surface area contributed by atoms with Crippen LogP contribution in [0.4, 0.5) is 8.78 Å². The minimum Gasteiger partial charge on any atom is -0.313 e. The average Bonchev–Trinajstić information content (AvgIpc) is 2.33. The van der Waals surface area contributed by atoms with E-state index in [-0.39, 0.29) is 0 Å². The zero-order valence-electron chi connectivity index (χ0n) is 11.2. The van der Waals surface area contributed by atoms with Gasteiger partial charge >= 0.3 is 0 Å². The van der Waals surface area contributed by atoms with Gasteiger partial charge in [0.25, 0.3) is 0 Å². The summed E-state index contributed by atoms with van der Waals surface area (Å²) in [6, 6.07) is 2.17. The molecular weight excluding hydrogens is 274 g/mol. The van der Waals surface area contributed by atoms with Gasteiger partial charge < -0.3 is 5.32 Å². The molecule has 0 unspecified atom stereocenters. The molecule has 108 valence electrons. The van der Waals surface area contributed by atoms with Crippen molar-refractivity contribution >= 4 is 10.0 Å². The predicted octanol–water partition coefficient (Wildman–Crippen LogP) is 1.71. The summed E-state index contributed by atoms with van der Waals surface area (Å²) in [7, 11) is -1.45. The number of nitrogens with one attached hydrogen (secondary N) is 1. The summed E-state index contributed by atoms with van der Waals surface area (Å²) in [4.78, 5) is -0.634. The van der Waals surface area contributed by atoms with E-state index in [9.17, 15) is 17.2 Å². The molecule has 0 aromatic heterocycles. The van der Waals surface area contributed by atoms with Crippen molar-refractivity contribution < 1.29 is 17.2 Å². The Kier molecular flexibility index (Phi) is 5.39. The zero-order chi connectivity index (χ0) is 14.6. The molecule has 0 amide bonds. The molecule has 0 fully saturated rings. The lowest BCUT2D eigenvalue weighted by Gasteiger charge is -2.14. The third-order valence-corrected chi connectivity index (χ3v) is 4.38. The number of benzene rings is 1. The van der Waals surface area contributed by atoms with Gasteiger partial charge in [0.2, 0.25) is 10.0 Å². The Morgan fingerprint density at radius 3 is 2.42 bits per heavy atom. The van der Waals surface area contributed by atoms with Crippen molar-refractivity contribution in [2.45, 2.75) is 24.8 Å². The summed E-state index contributed by atoms with van der Waals surface area (Å²) in [6.07, 6.45) is 0.895. The second kappa shape index (κ2) is 6.40. The lowest BCUT2D eigenvalue weighted by atomic mass is 10.2. The van der Waals surface area contributed by atoms with Crippen LogP contribution in [0.2, 0.25) is 0 Å². The maximum Gasteiger partial charge on any atom is 0.245 e. The maximum absolute atomic E-state index is 13.6. The third kappa shape index (κ3) is 3.71. The van der Waals surface area contributed by atoms with Crippen LogP contribution in [-0.2, 0) is 16.6 Å². The van der Waals surface area contributed by atoms with Crippen molar-refractivity contribution in [3.05, 3.63) is 29.3 Å². The van der Waals surface area contributed by atoms with E-state index in [0.29, 0.717) is 12.1 Å². The molecule has 0 aliphatic rings. The predicted molar refractivity (Wildman–Crippen MR) is 69.2 cm³/mol. The van der Waals surface area contributed by atoms with Crippen LogP contribution in [0.1, 0.15) is 18.9 Å². The van der Waals surface area contributed by atoms with E-state index in [1.807, 2.05) is 6.92 Å². The van der Waals surface area contributed by atoms with Crippen LogP contribution in [0.5, 0.6) is 0 Å². The smallest absolute Gasteiger partial charge is 0.245 e. The van der Waals surface area contributed by atoms with Crippen LogP contribution in [0.25, 0.3) is 0 Å². The minimum absolute atomic E-state index is 0.293. The van der Waals surface area contributed by atoms with Crippen molar-refractivity contribution in [1.82, 2.24) is 9.62 Å². The molecule has 0 spiro atoms. The number of sulfonamides is 1. The second-order valence-corrected chi connectivity index (χ2v) is 6.47. The highest BCUT2D eigenvalue weighted by molar-refractivity contribution is 7.89. The van der Waals surface area contributed by atoms with E-state index < -0.39 is 26.6 Å². The average molecular weight is 292 g/mol. The number of halogens is 2. The Bertz CT molecular complexity index is 545. The molecular formula is C12H18F2N2O2S. The van der Waals surface area contributed by atoms with Crippen molar-refractivity contribution in [3.63, 3.8) is 0 Å². The Balaban J connectivity index is 3.18. The van der Waals surface area contributed by atoms with E-state index >= 15 is 0 Å². The number of hydrogen-bond acceptors (Lipinski definition) is 3. The zero-order valence-corrected chi connectivity index (χ0v) is 12.0. The lowest BCUT2D eigenvalue weighted by Crippen LogP contribution is -2.24. The monoisotopic (exact) mass is 292 g/mol. The molecule has 0 aliphatic heterocycles. The van der Waals surface area contributed by atoms with Gasteiger partial charge in [-0.3, -0.25) is 0 Å². The Labute approximate surface area is 112 Å². The molecule has 1 aromatic carbocycles. The van der Waals surface area contributed by atoms with Crippen molar-refractivity contribution in [3.8, 4) is 0 Å². The summed E-state index contributed by atoms with van der Waals surface area (Å²) < 4.78 is 51.7. The second-order valence-electron chi connectivity index (χ2n) is 4.35. The van der Waals surface area contributed by atoms with Gasteiger partial charge in [-0.1, -0.05) is 6.92 Å². The van der Waals surface area contributed by atoms with Crippen LogP contribution in [0.3, 0.4) is 0 Å². The first-order valence-electron chi connectivity index (χ1n) is 5.91. The molecule has 1 rings (SSSR count). The molecule has 4 nitrogen and oxygen atoms in total. The summed E-state index contributed by atoms with van der Waals surface area (Å²) in [5.41, 5.74) is 0.396. The fourth-order valence-electron chi connectivity index (χ4n) is 1.51. The van der Waals surface area contributed by atoms with E-state index in [0.717, 1.165) is 29.4 Å². The van der Waals surface area contributed by atoms with Crippen molar-refractivity contribution in [2.75, 3.05) is 20.6 Å². The molecule has 7 heteroatoms. The number of rotatable bonds is 6. The molecule has 0 saturated heterocycles. The van der Waals surface area contributed by atoms with E-state index in [2.05, 4.69) is 5.32 Å². The summed E-state index contributed by atoms with van der Waals surface area (Å²) >= 11 is 0. The van der Waals surface area contributed by atoms with Gasteiger partial charge in [-0.05, 0) is 30.7 Å². The van der Waals surface area contributed by atoms with Crippen molar-refractivity contribution in [2.24, 2.45) is 0 Å². The summed E-state index contributed by atoms with van der Waals surface area (Å²) in [6.45, 7) is 2.98. The van der Waals surface area contributed by atoms with Gasteiger partial charge in [0, 0.05) is 20.6 Å². The SMILES string of the molecule is CCCNCc1cc(F)c(F)c(S(=O)(=O)N(C)C)c1. The van der Waals surface area contributed by atoms with Crippen LogP contribution in [-0.4, -0.2) is 33.4 Å². The highest BCUT2D eigenvalue weighted by atomic mass is 32.2. The molecule has 0 radical (unpaired) electrons. The van der Waals surface area contributed by atoms with Gasteiger partial charge in [-0.2, -0.15) is 0 Å². The Hall–Kier alpha value is -1.05. The van der Waals surface area contributed by atoms with Crippen LogP contribution >= 0.6 is 0 Å². The number of nitrogens with zero attached hydrogens (tertiary/aromatic N) is 1. The van der Waals surface area contributed by atoms with Gasteiger partial charge in [0.15, 0.2) is 11.6 Å². The third-order valence-electron chi connectivity index (χ3n) is 2.57. The van der Waals surface area contributed by atoms with Gasteiger partial charge in [-0.25, -0.2) is 21.5 Å². The fraction of sp³-hybridized carbons (Fsp3) is 0.500. The Morgan fingerprint density at radius 1 is 1.26 bits per heavy atom. The van der Waals surface area contributed by atoms with Crippen LogP contribution < -0.4 is 5.32 Å². The van der Waals surface area contributed by atoms with Crippen molar-refractivity contribution in [1.29, 1.82) is 0 Å². The highest BCUT2D eigenvalue weighted by Crippen LogP contribution is 2.22. The molecule has 0 saturated carbocycles. The first-order valence-corrected chi connectivity index (χ1v) is 7.35.